The highest BCUT2D eigenvalue weighted by atomic mass is 32.2. The van der Waals surface area contributed by atoms with E-state index in [2.05, 4.69) is 0 Å². The van der Waals surface area contributed by atoms with E-state index in [1.807, 2.05) is 30.3 Å². The maximum atomic E-state index is 12.8. The van der Waals surface area contributed by atoms with Crippen LogP contribution in [0.4, 0.5) is 0 Å². The minimum Gasteiger partial charge on any atom is -0.379 e. The highest BCUT2D eigenvalue weighted by Gasteiger charge is 2.21. The van der Waals surface area contributed by atoms with Crippen LogP contribution in [0.1, 0.15) is 17.3 Å². The van der Waals surface area contributed by atoms with Gasteiger partial charge in [-0.05, 0) is 30.7 Å². The van der Waals surface area contributed by atoms with E-state index in [9.17, 15) is 13.2 Å². The number of hydrogen-bond donors (Lipinski definition) is 0. The monoisotopic (exact) mass is 352 g/mol. The number of hydrogen-bond acceptors (Lipinski definition) is 4. The molecule has 0 aromatic heterocycles. The van der Waals surface area contributed by atoms with E-state index >= 15 is 0 Å². The molecule has 0 saturated heterocycles. The number of benzene rings is 3. The molecule has 0 heterocycles. The zero-order valence-corrected chi connectivity index (χ0v) is 14.4. The topological polar surface area (TPSA) is 60.4 Å². The number of Topliss-reactive ketones (excluding diaryl/α,β-unsaturated/α-hetero) is 1. The summed E-state index contributed by atoms with van der Waals surface area (Å²) in [6.07, 6.45) is 0. The van der Waals surface area contributed by atoms with Gasteiger partial charge >= 0.3 is 10.1 Å². The number of carbonyl (C=O) groups is 1. The van der Waals surface area contributed by atoms with E-state index in [-0.39, 0.29) is 16.4 Å². The van der Waals surface area contributed by atoms with Crippen molar-refractivity contribution in [1.82, 2.24) is 0 Å². The molecule has 0 atom stereocenters. The van der Waals surface area contributed by atoms with Crippen molar-refractivity contribution in [3.8, 4) is 16.9 Å². The Hall–Kier alpha value is -2.92. The molecule has 3 rings (SSSR count). The van der Waals surface area contributed by atoms with Gasteiger partial charge in [-0.25, -0.2) is 0 Å². The molecule has 0 N–H and O–H groups in total. The van der Waals surface area contributed by atoms with Crippen molar-refractivity contribution in [3.63, 3.8) is 0 Å². The number of rotatable bonds is 5. The summed E-state index contributed by atoms with van der Waals surface area (Å²) in [6, 6.07) is 22.0. The molecule has 3 aromatic carbocycles. The number of carbonyl (C=O) groups excluding carboxylic acids is 1. The van der Waals surface area contributed by atoms with Crippen molar-refractivity contribution in [2.45, 2.75) is 11.8 Å². The summed E-state index contributed by atoms with van der Waals surface area (Å²) in [6.45, 7) is 1.41. The van der Waals surface area contributed by atoms with Gasteiger partial charge in [0.05, 0.1) is 0 Å². The van der Waals surface area contributed by atoms with Gasteiger partial charge in [-0.1, -0.05) is 60.7 Å². The molecule has 0 aliphatic rings. The average Bonchev–Trinajstić information content (AvgIpc) is 2.62. The van der Waals surface area contributed by atoms with Crippen molar-refractivity contribution >= 4 is 15.9 Å². The lowest BCUT2D eigenvalue weighted by molar-refractivity contribution is 0.101. The van der Waals surface area contributed by atoms with Gasteiger partial charge in [-0.2, -0.15) is 8.42 Å². The highest BCUT2D eigenvalue weighted by Crippen LogP contribution is 2.29. The van der Waals surface area contributed by atoms with Crippen molar-refractivity contribution in [2.24, 2.45) is 0 Å². The van der Waals surface area contributed by atoms with Crippen LogP contribution < -0.4 is 4.18 Å². The maximum absolute atomic E-state index is 12.8. The molecule has 126 valence electrons. The Morgan fingerprint density at radius 1 is 0.840 bits per heavy atom. The summed E-state index contributed by atoms with van der Waals surface area (Å²) in [7, 11) is -4.05. The van der Waals surface area contributed by atoms with E-state index in [1.165, 1.54) is 25.1 Å². The molecule has 0 bridgehead atoms. The van der Waals surface area contributed by atoms with Crippen LogP contribution in [0, 0.1) is 0 Å². The molecule has 0 unspecified atom stereocenters. The smallest absolute Gasteiger partial charge is 0.339 e. The fourth-order valence-electron chi connectivity index (χ4n) is 2.48. The zero-order chi connectivity index (χ0) is 17.9. The Morgan fingerprint density at radius 3 is 2.24 bits per heavy atom. The van der Waals surface area contributed by atoms with Crippen LogP contribution >= 0.6 is 0 Å². The molecule has 0 saturated carbocycles. The van der Waals surface area contributed by atoms with Gasteiger partial charge in [-0.3, -0.25) is 4.79 Å². The van der Waals surface area contributed by atoms with Crippen molar-refractivity contribution < 1.29 is 17.4 Å². The minimum absolute atomic E-state index is 0.0782. The molecule has 5 heteroatoms. The molecule has 4 nitrogen and oxygen atoms in total. The van der Waals surface area contributed by atoms with Crippen molar-refractivity contribution in [2.75, 3.05) is 0 Å². The van der Waals surface area contributed by atoms with E-state index in [0.29, 0.717) is 11.1 Å². The third kappa shape index (κ3) is 3.78. The van der Waals surface area contributed by atoms with Crippen molar-refractivity contribution in [1.29, 1.82) is 0 Å². The average molecular weight is 352 g/mol. The lowest BCUT2D eigenvalue weighted by atomic mass is 10.1. The van der Waals surface area contributed by atoms with E-state index in [4.69, 9.17) is 4.18 Å². The summed E-state index contributed by atoms with van der Waals surface area (Å²) in [5.41, 5.74) is 1.73. The molecule has 3 aromatic rings. The first-order valence-corrected chi connectivity index (χ1v) is 9.08. The summed E-state index contributed by atoms with van der Waals surface area (Å²) in [5.74, 6) is -0.0527. The van der Waals surface area contributed by atoms with Crippen LogP contribution in [-0.4, -0.2) is 14.2 Å². The molecule has 0 aliphatic carbocycles. The largest absolute Gasteiger partial charge is 0.379 e. The predicted molar refractivity (Wildman–Crippen MR) is 96.1 cm³/mol. The third-order valence-electron chi connectivity index (χ3n) is 3.69. The van der Waals surface area contributed by atoms with Gasteiger partial charge in [0.1, 0.15) is 10.6 Å². The number of ketones is 1. The van der Waals surface area contributed by atoms with Gasteiger partial charge in [0, 0.05) is 11.1 Å². The Morgan fingerprint density at radius 2 is 1.52 bits per heavy atom. The SMILES string of the molecule is CC(=O)c1cccc(OS(=O)(=O)c2ccccc2-c2ccccc2)c1. The molecule has 0 aliphatic heterocycles. The lowest BCUT2D eigenvalue weighted by Gasteiger charge is -2.12. The van der Waals surface area contributed by atoms with Gasteiger partial charge in [0.2, 0.25) is 0 Å². The zero-order valence-electron chi connectivity index (χ0n) is 13.5. The quantitative estimate of drug-likeness (QED) is 0.507. The van der Waals surface area contributed by atoms with Crippen LogP contribution in [0.3, 0.4) is 0 Å². The fraction of sp³-hybridized carbons (Fsp3) is 0.0500. The third-order valence-corrected chi connectivity index (χ3v) is 4.99. The Bertz CT molecular complexity index is 1010. The lowest BCUT2D eigenvalue weighted by Crippen LogP contribution is -2.11. The predicted octanol–water partition coefficient (Wildman–Crippen LogP) is 4.32. The molecular weight excluding hydrogens is 336 g/mol. The standard InChI is InChI=1S/C20H16O4S/c1-15(21)17-10-7-11-18(14-17)24-25(22,23)20-13-6-5-12-19(20)16-8-3-2-4-9-16/h2-14H,1H3. The van der Waals surface area contributed by atoms with Crippen LogP contribution in [0.5, 0.6) is 5.75 Å². The second-order valence-electron chi connectivity index (χ2n) is 5.48. The van der Waals surface area contributed by atoms with E-state index < -0.39 is 10.1 Å². The Kier molecular flexibility index (Phi) is 4.67. The van der Waals surface area contributed by atoms with Crippen LogP contribution in [-0.2, 0) is 10.1 Å². The first-order chi connectivity index (χ1) is 12.0. The first kappa shape index (κ1) is 16.9. The fourth-order valence-corrected chi connectivity index (χ4v) is 3.63. The summed E-state index contributed by atoms with van der Waals surface area (Å²) in [5, 5.41) is 0. The Labute approximate surface area is 146 Å². The molecule has 0 spiro atoms. The van der Waals surface area contributed by atoms with Gasteiger partial charge < -0.3 is 4.18 Å². The van der Waals surface area contributed by atoms with Crippen LogP contribution in [0.25, 0.3) is 11.1 Å². The highest BCUT2D eigenvalue weighted by molar-refractivity contribution is 7.87. The van der Waals surface area contributed by atoms with Crippen LogP contribution in [0.2, 0.25) is 0 Å². The van der Waals surface area contributed by atoms with Crippen molar-refractivity contribution in [3.05, 3.63) is 84.4 Å². The summed E-state index contributed by atoms with van der Waals surface area (Å²) < 4.78 is 30.8. The molecule has 25 heavy (non-hydrogen) atoms. The van der Waals surface area contributed by atoms with E-state index in [0.717, 1.165) is 5.56 Å². The maximum Gasteiger partial charge on any atom is 0.339 e. The summed E-state index contributed by atoms with van der Waals surface area (Å²) >= 11 is 0. The first-order valence-electron chi connectivity index (χ1n) is 7.67. The molecule has 0 radical (unpaired) electrons. The van der Waals surface area contributed by atoms with Crippen LogP contribution in [0.15, 0.2) is 83.8 Å². The van der Waals surface area contributed by atoms with Gasteiger partial charge in [0.15, 0.2) is 5.78 Å². The minimum atomic E-state index is -4.05. The second kappa shape index (κ2) is 6.91. The molecule has 0 amide bonds. The second-order valence-corrected chi connectivity index (χ2v) is 7.00. The van der Waals surface area contributed by atoms with Gasteiger partial charge in [-0.15, -0.1) is 0 Å². The summed E-state index contributed by atoms with van der Waals surface area (Å²) in [4.78, 5) is 11.5. The molecular formula is C20H16O4S. The molecule has 0 fully saturated rings. The van der Waals surface area contributed by atoms with E-state index in [1.54, 1.807) is 30.3 Å². The Balaban J connectivity index is 2.02. The van der Waals surface area contributed by atoms with Gasteiger partial charge in [0.25, 0.3) is 0 Å². The normalized spacial score (nSPS) is 11.1.